The number of hydrogen-bond donors (Lipinski definition) is 4. The summed E-state index contributed by atoms with van der Waals surface area (Å²) < 4.78 is 0. The minimum Gasteiger partial charge on any atom is -0.391 e. The molecule has 7 N–H and O–H groups in total. The van der Waals surface area contributed by atoms with Crippen LogP contribution in [-0.2, 0) is 19.2 Å². The molecule has 2 aliphatic rings. The standard InChI is InChI=1S/C14H24N4O4.C4H9NO.C2H6/c1-8(19)11(15)14(22)18-7-3-5-10(18)13(21)17-6-2-4-9(17)12(16)20;1-2-3-4(5)6;1-2/h8-11,19H,2-7,15H2,1H3,(H2,16,20);2-3H2,1H3,(H2,5,6);1-2H3/t8?,9?,10?,11-;;/m0../s1. The van der Waals surface area contributed by atoms with Gasteiger partial charge in [-0.2, -0.15) is 0 Å². The SMILES string of the molecule is CC.CC(O)[C@H](N)C(=O)N1CCCC1C(=O)N1CCCC1C(N)=O.CCCC(N)=O. The Bertz CT molecular complexity index is 584. The maximum Gasteiger partial charge on any atom is 0.246 e. The Morgan fingerprint density at radius 3 is 1.90 bits per heavy atom. The smallest absolute Gasteiger partial charge is 0.246 e. The third-order valence-electron chi connectivity index (χ3n) is 4.99. The Kier molecular flexibility index (Phi) is 12.9. The van der Waals surface area contributed by atoms with Gasteiger partial charge in [-0.3, -0.25) is 19.2 Å². The fourth-order valence-electron chi connectivity index (χ4n) is 3.45. The number of hydrogen-bond acceptors (Lipinski definition) is 6. The molecule has 0 aromatic heterocycles. The van der Waals surface area contributed by atoms with Crippen molar-refractivity contribution < 1.29 is 24.3 Å². The quantitative estimate of drug-likeness (QED) is 0.441. The Morgan fingerprint density at radius 2 is 1.50 bits per heavy atom. The summed E-state index contributed by atoms with van der Waals surface area (Å²) in [7, 11) is 0. The van der Waals surface area contributed by atoms with Crippen molar-refractivity contribution in [2.75, 3.05) is 13.1 Å². The zero-order chi connectivity index (χ0) is 23.4. The van der Waals surface area contributed by atoms with Gasteiger partial charge in [-0.15, -0.1) is 0 Å². The van der Waals surface area contributed by atoms with Crippen LogP contribution in [-0.4, -0.2) is 75.9 Å². The monoisotopic (exact) mass is 429 g/mol. The number of aliphatic hydroxyl groups is 1. The molecular weight excluding hydrogens is 390 g/mol. The Balaban J connectivity index is 0.000000905. The van der Waals surface area contributed by atoms with Crippen molar-refractivity contribution in [2.45, 2.75) is 90.4 Å². The van der Waals surface area contributed by atoms with Gasteiger partial charge < -0.3 is 32.1 Å². The molecule has 4 atom stereocenters. The highest BCUT2D eigenvalue weighted by Crippen LogP contribution is 2.25. The van der Waals surface area contributed by atoms with Crippen LogP contribution in [0.15, 0.2) is 0 Å². The summed E-state index contributed by atoms with van der Waals surface area (Å²) in [6.45, 7) is 8.28. The predicted molar refractivity (Wildman–Crippen MR) is 114 cm³/mol. The van der Waals surface area contributed by atoms with E-state index in [0.717, 1.165) is 12.8 Å². The van der Waals surface area contributed by atoms with Crippen LogP contribution in [0.5, 0.6) is 0 Å². The molecule has 0 saturated carbocycles. The summed E-state index contributed by atoms with van der Waals surface area (Å²) in [5.41, 5.74) is 15.8. The summed E-state index contributed by atoms with van der Waals surface area (Å²) in [6.07, 6.45) is 2.93. The second-order valence-electron chi connectivity index (χ2n) is 7.26. The Morgan fingerprint density at radius 1 is 1.00 bits per heavy atom. The van der Waals surface area contributed by atoms with Gasteiger partial charge in [-0.05, 0) is 39.0 Å². The van der Waals surface area contributed by atoms with E-state index in [0.29, 0.717) is 38.8 Å². The first-order valence-corrected chi connectivity index (χ1v) is 10.7. The van der Waals surface area contributed by atoms with E-state index in [-0.39, 0.29) is 11.8 Å². The molecule has 0 spiro atoms. The van der Waals surface area contributed by atoms with E-state index in [4.69, 9.17) is 17.2 Å². The van der Waals surface area contributed by atoms with Crippen molar-refractivity contribution in [3.63, 3.8) is 0 Å². The number of carbonyl (C=O) groups excluding carboxylic acids is 4. The van der Waals surface area contributed by atoms with Crippen LogP contribution in [0.4, 0.5) is 0 Å². The van der Waals surface area contributed by atoms with Crippen LogP contribution < -0.4 is 17.2 Å². The van der Waals surface area contributed by atoms with Crippen LogP contribution in [0.2, 0.25) is 0 Å². The van der Waals surface area contributed by atoms with Crippen LogP contribution in [0, 0.1) is 0 Å². The number of likely N-dealkylation sites (tertiary alicyclic amines) is 2. The van der Waals surface area contributed by atoms with Gasteiger partial charge in [0.25, 0.3) is 0 Å². The second kappa shape index (κ2) is 13.9. The average Bonchev–Trinajstić information content (AvgIpc) is 3.37. The maximum absolute atomic E-state index is 12.7. The molecule has 0 bridgehead atoms. The van der Waals surface area contributed by atoms with Crippen molar-refractivity contribution in [1.29, 1.82) is 0 Å². The first-order chi connectivity index (χ1) is 14.1. The summed E-state index contributed by atoms with van der Waals surface area (Å²) in [6, 6.07) is -2.24. The highest BCUT2D eigenvalue weighted by atomic mass is 16.3. The van der Waals surface area contributed by atoms with Crippen LogP contribution in [0.3, 0.4) is 0 Å². The lowest BCUT2D eigenvalue weighted by Crippen LogP contribution is -2.56. The topological polar surface area (TPSA) is 173 Å². The summed E-state index contributed by atoms with van der Waals surface area (Å²) in [5, 5.41) is 9.47. The lowest BCUT2D eigenvalue weighted by atomic mass is 10.1. The molecule has 10 nitrogen and oxygen atoms in total. The van der Waals surface area contributed by atoms with Gasteiger partial charge in [-0.1, -0.05) is 20.8 Å². The molecule has 0 radical (unpaired) electrons. The van der Waals surface area contributed by atoms with Crippen molar-refractivity contribution in [3.8, 4) is 0 Å². The number of nitrogens with two attached hydrogens (primary N) is 3. The first-order valence-electron chi connectivity index (χ1n) is 10.7. The van der Waals surface area contributed by atoms with Crippen molar-refractivity contribution in [2.24, 2.45) is 17.2 Å². The van der Waals surface area contributed by atoms with Gasteiger partial charge in [0.1, 0.15) is 18.1 Å². The zero-order valence-electron chi connectivity index (χ0n) is 18.7. The molecule has 3 unspecified atom stereocenters. The van der Waals surface area contributed by atoms with Gasteiger partial charge >= 0.3 is 0 Å². The third-order valence-corrected chi connectivity index (χ3v) is 4.99. The lowest BCUT2D eigenvalue weighted by molar-refractivity contribution is -0.147. The van der Waals surface area contributed by atoms with E-state index >= 15 is 0 Å². The predicted octanol–water partition coefficient (Wildman–Crippen LogP) is -0.540. The van der Waals surface area contributed by atoms with Crippen molar-refractivity contribution in [1.82, 2.24) is 9.80 Å². The number of carbonyl (C=O) groups is 4. The van der Waals surface area contributed by atoms with E-state index in [1.807, 2.05) is 20.8 Å². The normalized spacial score (nSPS) is 22.2. The molecule has 0 aliphatic carbocycles. The largest absolute Gasteiger partial charge is 0.391 e. The number of rotatable bonds is 6. The van der Waals surface area contributed by atoms with Gasteiger partial charge in [0.15, 0.2) is 0 Å². The third kappa shape index (κ3) is 7.91. The van der Waals surface area contributed by atoms with Gasteiger partial charge in [0.2, 0.25) is 23.6 Å². The molecule has 30 heavy (non-hydrogen) atoms. The molecule has 0 aromatic carbocycles. The molecule has 10 heteroatoms. The number of nitrogens with zero attached hydrogens (tertiary/aromatic N) is 2. The van der Waals surface area contributed by atoms with Crippen LogP contribution in [0.1, 0.15) is 66.2 Å². The molecule has 174 valence electrons. The van der Waals surface area contributed by atoms with Gasteiger partial charge in [-0.25, -0.2) is 0 Å². The average molecular weight is 430 g/mol. The van der Waals surface area contributed by atoms with Crippen molar-refractivity contribution in [3.05, 3.63) is 0 Å². The van der Waals surface area contributed by atoms with Crippen LogP contribution >= 0.6 is 0 Å². The molecule has 0 aromatic rings. The van der Waals surface area contributed by atoms with Crippen molar-refractivity contribution >= 4 is 23.6 Å². The van der Waals surface area contributed by atoms with E-state index in [1.165, 1.54) is 16.7 Å². The minimum absolute atomic E-state index is 0.211. The number of aliphatic hydroxyl groups excluding tert-OH is 1. The fourth-order valence-corrected chi connectivity index (χ4v) is 3.45. The summed E-state index contributed by atoms with van der Waals surface area (Å²) in [4.78, 5) is 49.2. The molecule has 2 saturated heterocycles. The molecule has 4 amide bonds. The van der Waals surface area contributed by atoms with E-state index < -0.39 is 36.0 Å². The minimum atomic E-state index is -1.04. The molecule has 2 fully saturated rings. The first kappa shape index (κ1) is 27.8. The summed E-state index contributed by atoms with van der Waals surface area (Å²) in [5.74, 6) is -1.40. The van der Waals surface area contributed by atoms with E-state index in [9.17, 15) is 24.3 Å². The molecule has 2 heterocycles. The zero-order valence-corrected chi connectivity index (χ0v) is 18.7. The molecular formula is C20H39N5O5. The molecule has 2 aliphatic heterocycles. The highest BCUT2D eigenvalue weighted by molar-refractivity contribution is 5.93. The van der Waals surface area contributed by atoms with Gasteiger partial charge in [0.05, 0.1) is 6.10 Å². The fraction of sp³-hybridized carbons (Fsp3) is 0.800. The Hall–Kier alpha value is -2.20. The lowest BCUT2D eigenvalue weighted by Gasteiger charge is -2.32. The van der Waals surface area contributed by atoms with Crippen LogP contribution in [0.25, 0.3) is 0 Å². The number of primary amides is 2. The van der Waals surface area contributed by atoms with E-state index in [1.54, 1.807) is 0 Å². The molecule has 2 rings (SSSR count). The highest BCUT2D eigenvalue weighted by Gasteiger charge is 2.42. The van der Waals surface area contributed by atoms with Gasteiger partial charge in [0, 0.05) is 19.5 Å². The second-order valence-corrected chi connectivity index (χ2v) is 7.26. The van der Waals surface area contributed by atoms with E-state index in [2.05, 4.69) is 0 Å². The number of amides is 4. The summed E-state index contributed by atoms with van der Waals surface area (Å²) >= 11 is 0. The maximum atomic E-state index is 12.7. The Labute approximate surface area is 179 Å².